The standard InChI is InChI=1S/C12H13N5O2/c1-6-7(4-18)2-3-8(6)17-5-14-9-10(17)15-12(13)16-11(9)19/h2-3,5,7-8,18H,1,4H2,(H3,13,15,16,19)/t7-,8-/m0/s1. The number of rotatable bonds is 2. The van der Waals surface area contributed by atoms with Crippen LogP contribution < -0.4 is 11.3 Å². The van der Waals surface area contributed by atoms with Gasteiger partial charge in [-0.3, -0.25) is 9.78 Å². The van der Waals surface area contributed by atoms with Gasteiger partial charge in [0.1, 0.15) is 0 Å². The summed E-state index contributed by atoms with van der Waals surface area (Å²) in [7, 11) is 0. The monoisotopic (exact) mass is 259 g/mol. The molecule has 1 aliphatic carbocycles. The van der Waals surface area contributed by atoms with Crippen molar-refractivity contribution in [1.29, 1.82) is 0 Å². The van der Waals surface area contributed by atoms with E-state index in [1.165, 1.54) is 6.33 Å². The van der Waals surface area contributed by atoms with Gasteiger partial charge in [0.2, 0.25) is 5.95 Å². The van der Waals surface area contributed by atoms with E-state index in [2.05, 4.69) is 21.5 Å². The Hall–Kier alpha value is -2.41. The van der Waals surface area contributed by atoms with Gasteiger partial charge in [-0.15, -0.1) is 0 Å². The molecule has 0 saturated heterocycles. The van der Waals surface area contributed by atoms with Crippen LogP contribution in [0, 0.1) is 5.92 Å². The lowest BCUT2D eigenvalue weighted by molar-refractivity contribution is 0.268. The van der Waals surface area contributed by atoms with E-state index >= 15 is 0 Å². The molecule has 0 saturated carbocycles. The van der Waals surface area contributed by atoms with Crippen LogP contribution in [-0.2, 0) is 0 Å². The molecule has 0 amide bonds. The van der Waals surface area contributed by atoms with Gasteiger partial charge in [-0.2, -0.15) is 4.98 Å². The normalized spacial score (nSPS) is 22.5. The van der Waals surface area contributed by atoms with Gasteiger partial charge in [0.25, 0.3) is 5.56 Å². The Labute approximate surface area is 108 Å². The lowest BCUT2D eigenvalue weighted by Crippen LogP contribution is -2.14. The molecule has 2 atom stereocenters. The first-order valence-electron chi connectivity index (χ1n) is 5.82. The number of hydrogen-bond donors (Lipinski definition) is 3. The van der Waals surface area contributed by atoms with Crippen LogP contribution in [0.4, 0.5) is 5.95 Å². The number of allylic oxidation sites excluding steroid dienone is 1. The van der Waals surface area contributed by atoms with E-state index < -0.39 is 0 Å². The highest BCUT2D eigenvalue weighted by molar-refractivity contribution is 5.71. The highest BCUT2D eigenvalue weighted by Gasteiger charge is 2.26. The zero-order valence-electron chi connectivity index (χ0n) is 10.1. The Morgan fingerprint density at radius 2 is 2.32 bits per heavy atom. The molecule has 0 aromatic carbocycles. The van der Waals surface area contributed by atoms with Crippen molar-refractivity contribution >= 4 is 17.1 Å². The van der Waals surface area contributed by atoms with Crippen LogP contribution >= 0.6 is 0 Å². The third-order valence-corrected chi connectivity index (χ3v) is 3.33. The maximum Gasteiger partial charge on any atom is 0.280 e. The van der Waals surface area contributed by atoms with Crippen molar-refractivity contribution in [3.05, 3.63) is 41.0 Å². The number of hydrogen-bond acceptors (Lipinski definition) is 5. The van der Waals surface area contributed by atoms with E-state index in [1.807, 2.05) is 12.2 Å². The molecule has 0 spiro atoms. The minimum Gasteiger partial charge on any atom is -0.395 e. The number of nitrogens with two attached hydrogens (primary N) is 1. The first kappa shape index (κ1) is 11.7. The topological polar surface area (TPSA) is 110 Å². The molecule has 3 rings (SSSR count). The number of aliphatic hydroxyl groups is 1. The number of imidazole rings is 1. The number of nitrogen functional groups attached to an aromatic ring is 1. The van der Waals surface area contributed by atoms with Gasteiger partial charge in [0.05, 0.1) is 19.0 Å². The average Bonchev–Trinajstić information content (AvgIpc) is 2.92. The zero-order chi connectivity index (χ0) is 13.6. The molecule has 4 N–H and O–H groups in total. The molecule has 2 aromatic rings. The summed E-state index contributed by atoms with van der Waals surface area (Å²) in [5.41, 5.74) is 6.67. The number of fused-ring (bicyclic) bond motifs is 1. The molecule has 0 unspecified atom stereocenters. The van der Waals surface area contributed by atoms with Gasteiger partial charge in [0.15, 0.2) is 11.2 Å². The van der Waals surface area contributed by atoms with Crippen LogP contribution in [0.3, 0.4) is 0 Å². The van der Waals surface area contributed by atoms with Crippen molar-refractivity contribution in [1.82, 2.24) is 19.5 Å². The largest absolute Gasteiger partial charge is 0.395 e. The molecule has 98 valence electrons. The van der Waals surface area contributed by atoms with Crippen molar-refractivity contribution in [2.45, 2.75) is 6.04 Å². The Balaban J connectivity index is 2.15. The number of aromatic amines is 1. The molecule has 0 aliphatic heterocycles. The average molecular weight is 259 g/mol. The van der Waals surface area contributed by atoms with E-state index in [-0.39, 0.29) is 35.6 Å². The van der Waals surface area contributed by atoms with E-state index in [0.29, 0.717) is 5.65 Å². The second kappa shape index (κ2) is 4.06. The Morgan fingerprint density at radius 3 is 3.00 bits per heavy atom. The van der Waals surface area contributed by atoms with Crippen molar-refractivity contribution in [2.24, 2.45) is 5.92 Å². The Kier molecular flexibility index (Phi) is 2.49. The van der Waals surface area contributed by atoms with Gasteiger partial charge >= 0.3 is 0 Å². The van der Waals surface area contributed by atoms with E-state index in [0.717, 1.165) is 5.57 Å². The lowest BCUT2D eigenvalue weighted by Gasteiger charge is -2.15. The van der Waals surface area contributed by atoms with Crippen molar-refractivity contribution in [3.63, 3.8) is 0 Å². The van der Waals surface area contributed by atoms with Gasteiger partial charge in [-0.05, 0) is 5.57 Å². The van der Waals surface area contributed by atoms with Crippen LogP contribution in [0.2, 0.25) is 0 Å². The number of anilines is 1. The highest BCUT2D eigenvalue weighted by Crippen LogP contribution is 2.33. The molecule has 7 nitrogen and oxygen atoms in total. The SMILES string of the molecule is C=C1[C@H](CO)C=C[C@@H]1n1cnc2c(=O)[nH]c(N)nc21. The quantitative estimate of drug-likeness (QED) is 0.656. The Bertz CT molecular complexity index is 742. The highest BCUT2D eigenvalue weighted by atomic mass is 16.3. The predicted octanol–water partition coefficient (Wildman–Crippen LogP) is -0.0226. The second-order valence-corrected chi connectivity index (χ2v) is 4.47. The van der Waals surface area contributed by atoms with Crippen LogP contribution in [0.1, 0.15) is 6.04 Å². The summed E-state index contributed by atoms with van der Waals surface area (Å²) in [5, 5.41) is 9.23. The molecule has 7 heteroatoms. The molecule has 2 heterocycles. The number of aromatic nitrogens is 4. The first-order chi connectivity index (χ1) is 9.11. The summed E-state index contributed by atoms with van der Waals surface area (Å²) in [6.07, 6.45) is 5.32. The molecular formula is C12H13N5O2. The molecule has 0 fully saturated rings. The van der Waals surface area contributed by atoms with Crippen molar-refractivity contribution < 1.29 is 5.11 Å². The van der Waals surface area contributed by atoms with Crippen LogP contribution in [0.5, 0.6) is 0 Å². The van der Waals surface area contributed by atoms with Crippen molar-refractivity contribution in [2.75, 3.05) is 12.3 Å². The predicted molar refractivity (Wildman–Crippen MR) is 70.5 cm³/mol. The Morgan fingerprint density at radius 1 is 1.53 bits per heavy atom. The number of H-pyrrole nitrogens is 1. The number of aliphatic hydroxyl groups excluding tert-OH is 1. The van der Waals surface area contributed by atoms with Gasteiger partial charge in [0, 0.05) is 5.92 Å². The summed E-state index contributed by atoms with van der Waals surface area (Å²) in [6.45, 7) is 3.99. The zero-order valence-corrected chi connectivity index (χ0v) is 10.1. The fourth-order valence-corrected chi connectivity index (χ4v) is 2.30. The smallest absolute Gasteiger partial charge is 0.280 e. The van der Waals surface area contributed by atoms with E-state index in [1.54, 1.807) is 4.57 Å². The van der Waals surface area contributed by atoms with E-state index in [9.17, 15) is 9.90 Å². The third-order valence-electron chi connectivity index (χ3n) is 3.33. The minimum atomic E-state index is -0.368. The van der Waals surface area contributed by atoms with Crippen LogP contribution in [0.15, 0.2) is 35.4 Å². The van der Waals surface area contributed by atoms with Gasteiger partial charge in [-0.25, -0.2) is 4.98 Å². The number of nitrogens with zero attached hydrogens (tertiary/aromatic N) is 3. The first-order valence-corrected chi connectivity index (χ1v) is 5.82. The van der Waals surface area contributed by atoms with Crippen molar-refractivity contribution in [3.8, 4) is 0 Å². The second-order valence-electron chi connectivity index (χ2n) is 4.47. The lowest BCUT2D eigenvalue weighted by atomic mass is 10.0. The summed E-state index contributed by atoms with van der Waals surface area (Å²) >= 11 is 0. The molecule has 0 radical (unpaired) electrons. The maximum absolute atomic E-state index is 11.7. The molecule has 19 heavy (non-hydrogen) atoms. The third kappa shape index (κ3) is 1.66. The number of nitrogens with one attached hydrogen (secondary N) is 1. The minimum absolute atomic E-state index is 0.00855. The molecule has 2 aromatic heterocycles. The summed E-state index contributed by atoms with van der Waals surface area (Å²) < 4.78 is 1.73. The molecule has 0 bridgehead atoms. The van der Waals surface area contributed by atoms with Gasteiger partial charge in [-0.1, -0.05) is 18.7 Å². The maximum atomic E-state index is 11.7. The fourth-order valence-electron chi connectivity index (χ4n) is 2.30. The fraction of sp³-hybridized carbons (Fsp3) is 0.250. The van der Waals surface area contributed by atoms with Crippen LogP contribution in [0.25, 0.3) is 11.2 Å². The molecule has 1 aliphatic rings. The summed E-state index contributed by atoms with van der Waals surface area (Å²) in [4.78, 5) is 22.3. The molecular weight excluding hydrogens is 246 g/mol. The van der Waals surface area contributed by atoms with Crippen LogP contribution in [-0.4, -0.2) is 31.2 Å². The van der Waals surface area contributed by atoms with E-state index in [4.69, 9.17) is 5.73 Å². The van der Waals surface area contributed by atoms with Gasteiger partial charge < -0.3 is 15.4 Å². The summed E-state index contributed by atoms with van der Waals surface area (Å²) in [5.74, 6) is -0.0349. The summed E-state index contributed by atoms with van der Waals surface area (Å²) in [6, 6.07) is -0.171.